The third-order valence-electron chi connectivity index (χ3n) is 1.93. The second-order valence-electron chi connectivity index (χ2n) is 3.54. The van der Waals surface area contributed by atoms with E-state index >= 15 is 0 Å². The molecule has 1 N–H and O–H groups in total. The fourth-order valence-electron chi connectivity index (χ4n) is 1.27. The molecule has 0 aliphatic heterocycles. The Labute approximate surface area is 99.0 Å². The summed E-state index contributed by atoms with van der Waals surface area (Å²) in [6, 6.07) is 1.44. The van der Waals surface area contributed by atoms with E-state index in [9.17, 15) is 9.59 Å². The smallest absolute Gasteiger partial charge is 0.302 e. The van der Waals surface area contributed by atoms with Gasteiger partial charge in [-0.2, -0.15) is 0 Å². The number of nitrogens with zero attached hydrogens (tertiary/aromatic N) is 1. The first-order chi connectivity index (χ1) is 8.08. The second-order valence-corrected chi connectivity index (χ2v) is 3.54. The molecule has 0 saturated heterocycles. The molecule has 0 amide bonds. The van der Waals surface area contributed by atoms with Crippen LogP contribution in [-0.4, -0.2) is 35.8 Å². The molecule has 1 aromatic rings. The standard InChI is InChI=1S/C11H16N2O4/c1-8-7-11(15)13-10(12-8)3-4-16-5-6-17-9(2)14/h7H,3-6H2,1-2H3,(H,12,13,15). The number of aromatic amines is 1. The summed E-state index contributed by atoms with van der Waals surface area (Å²) >= 11 is 0. The first-order valence-electron chi connectivity index (χ1n) is 5.36. The Morgan fingerprint density at radius 1 is 1.41 bits per heavy atom. The lowest BCUT2D eigenvalue weighted by molar-refractivity contribution is -0.142. The Bertz CT molecular complexity index is 428. The molecule has 17 heavy (non-hydrogen) atoms. The summed E-state index contributed by atoms with van der Waals surface area (Å²) in [5.41, 5.74) is 0.524. The van der Waals surface area contributed by atoms with E-state index in [1.54, 1.807) is 6.92 Å². The molecular formula is C11H16N2O4. The van der Waals surface area contributed by atoms with Crippen molar-refractivity contribution in [3.63, 3.8) is 0 Å². The summed E-state index contributed by atoms with van der Waals surface area (Å²) in [5.74, 6) is 0.278. The summed E-state index contributed by atoms with van der Waals surface area (Å²) in [6.07, 6.45) is 0.525. The molecule has 6 nitrogen and oxygen atoms in total. The van der Waals surface area contributed by atoms with Crippen LogP contribution in [0, 0.1) is 6.92 Å². The molecule has 1 rings (SSSR count). The van der Waals surface area contributed by atoms with Gasteiger partial charge in [0.15, 0.2) is 0 Å². The summed E-state index contributed by atoms with van der Waals surface area (Å²) in [7, 11) is 0. The zero-order chi connectivity index (χ0) is 12.7. The van der Waals surface area contributed by atoms with Gasteiger partial charge in [0, 0.05) is 25.1 Å². The van der Waals surface area contributed by atoms with Crippen LogP contribution in [0.15, 0.2) is 10.9 Å². The van der Waals surface area contributed by atoms with Crippen molar-refractivity contribution in [3.05, 3.63) is 27.9 Å². The highest BCUT2D eigenvalue weighted by Gasteiger charge is 1.99. The van der Waals surface area contributed by atoms with Gasteiger partial charge in [0.25, 0.3) is 5.56 Å². The lowest BCUT2D eigenvalue weighted by atomic mass is 10.4. The number of H-pyrrole nitrogens is 1. The van der Waals surface area contributed by atoms with Gasteiger partial charge in [-0.3, -0.25) is 9.59 Å². The fraction of sp³-hybridized carbons (Fsp3) is 0.545. The number of nitrogens with one attached hydrogen (secondary N) is 1. The van der Waals surface area contributed by atoms with Crippen molar-refractivity contribution in [2.45, 2.75) is 20.3 Å². The zero-order valence-electron chi connectivity index (χ0n) is 9.99. The minimum Gasteiger partial charge on any atom is -0.463 e. The monoisotopic (exact) mass is 240 g/mol. The van der Waals surface area contributed by atoms with E-state index in [2.05, 4.69) is 9.97 Å². The van der Waals surface area contributed by atoms with E-state index in [0.29, 0.717) is 31.2 Å². The van der Waals surface area contributed by atoms with Gasteiger partial charge in [-0.15, -0.1) is 0 Å². The van der Waals surface area contributed by atoms with Crippen molar-refractivity contribution in [3.8, 4) is 0 Å². The molecule has 0 spiro atoms. The summed E-state index contributed by atoms with van der Waals surface area (Å²) in [6.45, 7) is 4.12. The van der Waals surface area contributed by atoms with Crippen molar-refractivity contribution >= 4 is 5.97 Å². The maximum absolute atomic E-state index is 11.1. The average molecular weight is 240 g/mol. The van der Waals surface area contributed by atoms with E-state index in [0.717, 1.165) is 0 Å². The quantitative estimate of drug-likeness (QED) is 0.567. The number of carbonyl (C=O) groups is 1. The molecule has 0 saturated carbocycles. The van der Waals surface area contributed by atoms with E-state index in [-0.39, 0.29) is 18.1 Å². The highest BCUT2D eigenvalue weighted by atomic mass is 16.6. The third kappa shape index (κ3) is 5.82. The molecule has 0 radical (unpaired) electrons. The number of hydrogen-bond donors (Lipinski definition) is 1. The Morgan fingerprint density at radius 2 is 2.18 bits per heavy atom. The van der Waals surface area contributed by atoms with Gasteiger partial charge in [0.1, 0.15) is 12.4 Å². The molecule has 1 aromatic heterocycles. The molecular weight excluding hydrogens is 224 g/mol. The van der Waals surface area contributed by atoms with E-state index in [1.165, 1.54) is 13.0 Å². The molecule has 94 valence electrons. The summed E-state index contributed by atoms with van der Waals surface area (Å²) < 4.78 is 9.92. The maximum Gasteiger partial charge on any atom is 0.302 e. The van der Waals surface area contributed by atoms with Crippen molar-refractivity contribution < 1.29 is 14.3 Å². The minimum atomic E-state index is -0.321. The van der Waals surface area contributed by atoms with Crippen LogP contribution in [-0.2, 0) is 20.7 Å². The topological polar surface area (TPSA) is 81.3 Å². The first kappa shape index (κ1) is 13.4. The summed E-state index contributed by atoms with van der Waals surface area (Å²) in [5, 5.41) is 0. The van der Waals surface area contributed by atoms with Crippen molar-refractivity contribution in [2.24, 2.45) is 0 Å². The Hall–Kier alpha value is -1.69. The minimum absolute atomic E-state index is 0.160. The Balaban J connectivity index is 2.22. The molecule has 0 aliphatic carbocycles. The highest BCUT2D eigenvalue weighted by molar-refractivity contribution is 5.65. The van der Waals surface area contributed by atoms with Crippen LogP contribution in [0.4, 0.5) is 0 Å². The van der Waals surface area contributed by atoms with Gasteiger partial charge in [-0.1, -0.05) is 0 Å². The lowest BCUT2D eigenvalue weighted by Crippen LogP contribution is -2.14. The number of hydrogen-bond acceptors (Lipinski definition) is 5. The predicted octanol–water partition coefficient (Wildman–Crippen LogP) is 0.201. The molecule has 0 unspecified atom stereocenters. The van der Waals surface area contributed by atoms with E-state index in [1.807, 2.05) is 0 Å². The van der Waals surface area contributed by atoms with Crippen molar-refractivity contribution in [2.75, 3.05) is 19.8 Å². The van der Waals surface area contributed by atoms with Gasteiger partial charge in [0.05, 0.1) is 13.2 Å². The van der Waals surface area contributed by atoms with E-state index in [4.69, 9.17) is 9.47 Å². The van der Waals surface area contributed by atoms with Crippen molar-refractivity contribution in [1.29, 1.82) is 0 Å². The maximum atomic E-state index is 11.1. The largest absolute Gasteiger partial charge is 0.463 e. The molecule has 0 bridgehead atoms. The van der Waals surface area contributed by atoms with Gasteiger partial charge >= 0.3 is 5.97 Å². The van der Waals surface area contributed by atoms with Crippen LogP contribution in [0.3, 0.4) is 0 Å². The molecule has 0 atom stereocenters. The fourth-order valence-corrected chi connectivity index (χ4v) is 1.27. The van der Waals surface area contributed by atoms with E-state index < -0.39 is 0 Å². The number of esters is 1. The number of aromatic nitrogens is 2. The number of ether oxygens (including phenoxy) is 2. The van der Waals surface area contributed by atoms with Crippen LogP contribution >= 0.6 is 0 Å². The van der Waals surface area contributed by atoms with Gasteiger partial charge in [-0.25, -0.2) is 4.98 Å². The van der Waals surface area contributed by atoms with Gasteiger partial charge in [0.2, 0.25) is 0 Å². The Morgan fingerprint density at radius 3 is 2.82 bits per heavy atom. The molecule has 1 heterocycles. The van der Waals surface area contributed by atoms with Crippen LogP contribution in [0.25, 0.3) is 0 Å². The highest BCUT2D eigenvalue weighted by Crippen LogP contribution is 1.92. The zero-order valence-corrected chi connectivity index (χ0v) is 9.99. The predicted molar refractivity (Wildman–Crippen MR) is 60.8 cm³/mol. The number of aryl methyl sites for hydroxylation is 1. The summed E-state index contributed by atoms with van der Waals surface area (Å²) in [4.78, 5) is 28.4. The van der Waals surface area contributed by atoms with Crippen LogP contribution in [0.5, 0.6) is 0 Å². The van der Waals surface area contributed by atoms with Crippen LogP contribution in [0.2, 0.25) is 0 Å². The van der Waals surface area contributed by atoms with Gasteiger partial charge < -0.3 is 14.5 Å². The van der Waals surface area contributed by atoms with Crippen molar-refractivity contribution in [1.82, 2.24) is 9.97 Å². The molecule has 0 aliphatic rings. The van der Waals surface area contributed by atoms with Crippen LogP contribution in [0.1, 0.15) is 18.4 Å². The molecule has 0 aromatic carbocycles. The number of rotatable bonds is 6. The normalized spacial score (nSPS) is 10.2. The lowest BCUT2D eigenvalue weighted by Gasteiger charge is -2.04. The van der Waals surface area contributed by atoms with Gasteiger partial charge in [-0.05, 0) is 6.92 Å². The third-order valence-corrected chi connectivity index (χ3v) is 1.93. The molecule has 0 fully saturated rings. The van der Waals surface area contributed by atoms with Crippen LogP contribution < -0.4 is 5.56 Å². The average Bonchev–Trinajstić information content (AvgIpc) is 2.21. The Kier molecular flexibility index (Phi) is 5.35. The first-order valence-corrected chi connectivity index (χ1v) is 5.36. The molecule has 6 heteroatoms. The number of carbonyl (C=O) groups excluding carboxylic acids is 1. The SMILES string of the molecule is CC(=O)OCCOCCc1nc(C)cc(=O)[nH]1. The second kappa shape index (κ2) is 6.80.